The molecule has 0 N–H and O–H groups in total. The number of fused-ring (bicyclic) bond motifs is 12. The van der Waals surface area contributed by atoms with Crippen molar-refractivity contribution in [1.82, 2.24) is 9.13 Å². The normalized spacial score (nSPS) is 16.8. The van der Waals surface area contributed by atoms with Gasteiger partial charge in [0.2, 0.25) is 0 Å². The third-order valence-electron chi connectivity index (χ3n) is 13.8. The Morgan fingerprint density at radius 2 is 1.00 bits per heavy atom. The standard InChI is InChI=1S/C54H40Br2N2/c1-53(2)45-11-7-5-9-37(45)39-27-43-41-25-31(13-23-49(41)57(51(43)29-47(39)53)35-19-15-33(55)16-20-35)32-14-24-50-42(26-32)44-28-40-38-10-6-8-12-46(38)54(3,4)48(40)30-52(44)58(50)36-21-17-34(56)18-22-36/h5-25,27-30,32H,26H2,1-4H3. The molecule has 0 radical (unpaired) electrons. The molecule has 7 aromatic carbocycles. The van der Waals surface area contributed by atoms with Gasteiger partial charge in [0.15, 0.2) is 0 Å². The van der Waals surface area contributed by atoms with Crippen LogP contribution in [0.5, 0.6) is 0 Å². The molecule has 12 rings (SSSR count). The van der Waals surface area contributed by atoms with Crippen LogP contribution < -0.4 is 0 Å². The molecule has 58 heavy (non-hydrogen) atoms. The molecule has 0 saturated heterocycles. The largest absolute Gasteiger partial charge is 0.310 e. The Hall–Kier alpha value is -5.42. The van der Waals surface area contributed by atoms with Gasteiger partial charge < -0.3 is 9.13 Å². The molecule has 4 heteroatoms. The smallest absolute Gasteiger partial charge is 0.0544 e. The Morgan fingerprint density at radius 3 is 1.60 bits per heavy atom. The number of allylic oxidation sites excluding steroid dienone is 1. The van der Waals surface area contributed by atoms with Gasteiger partial charge in [-0.25, -0.2) is 0 Å². The zero-order valence-electron chi connectivity index (χ0n) is 32.9. The minimum absolute atomic E-state index is 0.0728. The van der Waals surface area contributed by atoms with Crippen molar-refractivity contribution in [1.29, 1.82) is 0 Å². The maximum Gasteiger partial charge on any atom is 0.0544 e. The van der Waals surface area contributed by atoms with Gasteiger partial charge in [-0.05, 0) is 153 Å². The fraction of sp³-hybridized carbons (Fsp3) is 0.148. The Kier molecular flexibility index (Phi) is 7.20. The van der Waals surface area contributed by atoms with E-state index in [1.54, 1.807) is 0 Å². The van der Waals surface area contributed by atoms with E-state index >= 15 is 0 Å². The molecular formula is C54H40Br2N2. The van der Waals surface area contributed by atoms with E-state index < -0.39 is 0 Å². The molecule has 3 aliphatic rings. The third-order valence-corrected chi connectivity index (χ3v) is 14.9. The Balaban J connectivity index is 1.05. The van der Waals surface area contributed by atoms with E-state index in [2.05, 4.69) is 220 Å². The van der Waals surface area contributed by atoms with Crippen LogP contribution in [-0.2, 0) is 17.3 Å². The molecule has 0 amide bonds. The molecule has 280 valence electrons. The summed E-state index contributed by atoms with van der Waals surface area (Å²) in [6.45, 7) is 9.51. The van der Waals surface area contributed by atoms with E-state index in [0.717, 1.165) is 15.4 Å². The van der Waals surface area contributed by atoms with Gasteiger partial charge in [0.1, 0.15) is 0 Å². The van der Waals surface area contributed by atoms with Crippen LogP contribution >= 0.6 is 31.9 Å². The summed E-state index contributed by atoms with van der Waals surface area (Å²) in [6.07, 6.45) is 5.79. The number of nitrogens with zero attached hydrogens (tertiary/aromatic N) is 2. The van der Waals surface area contributed by atoms with Crippen molar-refractivity contribution < 1.29 is 0 Å². The number of hydrogen-bond acceptors (Lipinski definition) is 0. The predicted octanol–water partition coefficient (Wildman–Crippen LogP) is 15.2. The first-order valence-corrected chi connectivity index (χ1v) is 21.9. The number of halogens is 2. The number of rotatable bonds is 3. The summed E-state index contributed by atoms with van der Waals surface area (Å²) in [5.74, 6) is 0.234. The molecule has 0 bridgehead atoms. The maximum absolute atomic E-state index is 3.69. The first kappa shape index (κ1) is 34.6. The SMILES string of the molecule is CC1(C)c2ccccc2-c2cc3c4c(n(-c5ccc(Br)cc5)c3cc21)C=CC(c1ccc2c(c1)c1cc3c(cc1n2-c1ccc(Br)cc1)C(C)(C)c1ccccc1-3)C4. The van der Waals surface area contributed by atoms with Crippen molar-refractivity contribution in [3.05, 3.63) is 194 Å². The Bertz CT molecular complexity index is 3260. The van der Waals surface area contributed by atoms with Gasteiger partial charge in [-0.15, -0.1) is 0 Å². The summed E-state index contributed by atoms with van der Waals surface area (Å²) in [7, 11) is 0. The van der Waals surface area contributed by atoms with E-state index in [4.69, 9.17) is 0 Å². The van der Waals surface area contributed by atoms with Gasteiger partial charge in [-0.3, -0.25) is 0 Å². The van der Waals surface area contributed by atoms with Crippen LogP contribution in [0.3, 0.4) is 0 Å². The average molecular weight is 877 g/mol. The number of hydrogen-bond donors (Lipinski definition) is 0. The quantitative estimate of drug-likeness (QED) is 0.167. The molecule has 2 nitrogen and oxygen atoms in total. The van der Waals surface area contributed by atoms with Gasteiger partial charge in [0.25, 0.3) is 0 Å². The summed E-state index contributed by atoms with van der Waals surface area (Å²) in [6, 6.07) is 52.8. The van der Waals surface area contributed by atoms with Crippen LogP contribution in [0.2, 0.25) is 0 Å². The lowest BCUT2D eigenvalue weighted by molar-refractivity contribution is 0.661. The number of aromatic nitrogens is 2. The molecule has 2 heterocycles. The van der Waals surface area contributed by atoms with Crippen LogP contribution in [0, 0.1) is 0 Å². The lowest BCUT2D eigenvalue weighted by Gasteiger charge is -2.21. The second-order valence-electron chi connectivity index (χ2n) is 17.6. The van der Waals surface area contributed by atoms with Crippen LogP contribution in [0.4, 0.5) is 0 Å². The molecule has 1 atom stereocenters. The third kappa shape index (κ3) is 4.70. The Morgan fingerprint density at radius 1 is 0.483 bits per heavy atom. The zero-order chi connectivity index (χ0) is 39.2. The molecule has 0 spiro atoms. The zero-order valence-corrected chi connectivity index (χ0v) is 36.0. The van der Waals surface area contributed by atoms with Gasteiger partial charge in [0.05, 0.1) is 16.6 Å². The van der Waals surface area contributed by atoms with Crippen LogP contribution in [0.15, 0.2) is 155 Å². The summed E-state index contributed by atoms with van der Waals surface area (Å²) >= 11 is 7.37. The summed E-state index contributed by atoms with van der Waals surface area (Å²) in [4.78, 5) is 0. The topological polar surface area (TPSA) is 9.86 Å². The summed E-state index contributed by atoms with van der Waals surface area (Å²) < 4.78 is 7.14. The van der Waals surface area contributed by atoms with Gasteiger partial charge >= 0.3 is 0 Å². The molecule has 0 aliphatic heterocycles. The van der Waals surface area contributed by atoms with Crippen molar-refractivity contribution in [3.63, 3.8) is 0 Å². The second-order valence-corrected chi connectivity index (χ2v) is 19.4. The lowest BCUT2D eigenvalue weighted by Crippen LogP contribution is -2.15. The van der Waals surface area contributed by atoms with Crippen molar-refractivity contribution in [2.24, 2.45) is 0 Å². The van der Waals surface area contributed by atoms with Crippen molar-refractivity contribution in [2.75, 3.05) is 0 Å². The average Bonchev–Trinajstić information content (AvgIpc) is 3.88. The molecule has 3 aliphatic carbocycles. The first-order chi connectivity index (χ1) is 28.1. The highest BCUT2D eigenvalue weighted by atomic mass is 79.9. The maximum atomic E-state index is 3.69. The summed E-state index contributed by atoms with van der Waals surface area (Å²) in [5.41, 5.74) is 21.1. The minimum atomic E-state index is -0.0791. The molecule has 1 unspecified atom stereocenters. The molecule has 0 fully saturated rings. The molecule has 0 saturated carbocycles. The van der Waals surface area contributed by atoms with Crippen molar-refractivity contribution >= 4 is 70.6 Å². The highest BCUT2D eigenvalue weighted by molar-refractivity contribution is 9.10. The molecule has 9 aromatic rings. The van der Waals surface area contributed by atoms with E-state index in [0.29, 0.717) is 0 Å². The summed E-state index contributed by atoms with van der Waals surface area (Å²) in [5, 5.41) is 3.95. The predicted molar refractivity (Wildman–Crippen MR) is 250 cm³/mol. The van der Waals surface area contributed by atoms with Crippen LogP contribution in [-0.4, -0.2) is 9.13 Å². The van der Waals surface area contributed by atoms with Crippen molar-refractivity contribution in [2.45, 2.75) is 50.9 Å². The highest BCUT2D eigenvalue weighted by Crippen LogP contribution is 2.53. The lowest BCUT2D eigenvalue weighted by atomic mass is 9.82. The fourth-order valence-electron chi connectivity index (χ4n) is 10.9. The van der Waals surface area contributed by atoms with Crippen molar-refractivity contribution in [3.8, 4) is 33.6 Å². The van der Waals surface area contributed by atoms with Crippen LogP contribution in [0.25, 0.3) is 72.4 Å². The highest BCUT2D eigenvalue weighted by Gasteiger charge is 2.38. The molecule has 2 aromatic heterocycles. The van der Waals surface area contributed by atoms with E-state index in [-0.39, 0.29) is 16.7 Å². The Labute approximate surface area is 355 Å². The van der Waals surface area contributed by atoms with E-state index in [1.165, 1.54) is 105 Å². The van der Waals surface area contributed by atoms with Crippen LogP contribution in [0.1, 0.15) is 72.7 Å². The van der Waals surface area contributed by atoms with Gasteiger partial charge in [-0.1, -0.05) is 120 Å². The monoisotopic (exact) mass is 874 g/mol. The molecular weight excluding hydrogens is 836 g/mol. The van der Waals surface area contributed by atoms with Gasteiger partial charge in [0, 0.05) is 58.9 Å². The second kappa shape index (κ2) is 12.1. The minimum Gasteiger partial charge on any atom is -0.310 e. The number of benzene rings is 7. The van der Waals surface area contributed by atoms with E-state index in [9.17, 15) is 0 Å². The van der Waals surface area contributed by atoms with Gasteiger partial charge in [-0.2, -0.15) is 0 Å². The fourth-order valence-corrected chi connectivity index (χ4v) is 11.4. The van der Waals surface area contributed by atoms with E-state index in [1.807, 2.05) is 0 Å². The first-order valence-electron chi connectivity index (χ1n) is 20.3.